The van der Waals surface area contributed by atoms with Crippen molar-refractivity contribution in [3.63, 3.8) is 0 Å². The van der Waals surface area contributed by atoms with Gasteiger partial charge in [0.15, 0.2) is 0 Å². The van der Waals surface area contributed by atoms with Gasteiger partial charge < -0.3 is 11.1 Å². The third-order valence-electron chi connectivity index (χ3n) is 4.14. The van der Waals surface area contributed by atoms with Crippen LogP contribution in [0.5, 0.6) is 0 Å². The molecule has 0 amide bonds. The Labute approximate surface area is 136 Å². The Kier molecular flexibility index (Phi) is 7.05. The molecule has 0 bridgehead atoms. The quantitative estimate of drug-likeness (QED) is 0.618. The number of hydrogen-bond acceptors (Lipinski definition) is 2. The molecule has 0 aromatic carbocycles. The molecule has 2 nitrogen and oxygen atoms in total. The molecule has 1 aliphatic rings. The molecule has 0 aliphatic carbocycles. The Morgan fingerprint density at radius 1 is 1.23 bits per heavy atom. The predicted octanol–water partition coefficient (Wildman–Crippen LogP) is 4.43. The van der Waals surface area contributed by atoms with Crippen LogP contribution in [0.4, 0.5) is 0 Å². The van der Waals surface area contributed by atoms with E-state index in [1.807, 2.05) is 12.2 Å². The van der Waals surface area contributed by atoms with E-state index in [0.29, 0.717) is 12.1 Å². The number of hydrogen-bond donors (Lipinski definition) is 2. The fourth-order valence-electron chi connectivity index (χ4n) is 3.26. The first-order valence-electron chi connectivity index (χ1n) is 8.07. The smallest absolute Gasteiger partial charge is 0.0439 e. The van der Waals surface area contributed by atoms with Crippen molar-refractivity contribution >= 4 is 0 Å². The summed E-state index contributed by atoms with van der Waals surface area (Å²) in [6, 6.07) is 0.683. The van der Waals surface area contributed by atoms with Crippen molar-refractivity contribution in [2.24, 2.45) is 5.73 Å². The second-order valence-corrected chi connectivity index (χ2v) is 6.83. The maximum absolute atomic E-state index is 6.70. The summed E-state index contributed by atoms with van der Waals surface area (Å²) in [7, 11) is 0. The minimum atomic E-state index is -0.369. The zero-order valence-corrected chi connectivity index (χ0v) is 14.3. The van der Waals surface area contributed by atoms with Crippen LogP contribution < -0.4 is 11.1 Å². The van der Waals surface area contributed by atoms with Gasteiger partial charge in [-0.2, -0.15) is 0 Å². The highest BCUT2D eigenvalue weighted by molar-refractivity contribution is 5.29. The van der Waals surface area contributed by atoms with E-state index in [0.717, 1.165) is 32.1 Å². The lowest BCUT2D eigenvalue weighted by atomic mass is 9.77. The van der Waals surface area contributed by atoms with E-state index >= 15 is 0 Å². The summed E-state index contributed by atoms with van der Waals surface area (Å²) in [6.45, 7) is 20.0. The van der Waals surface area contributed by atoms with Crippen LogP contribution in [0.25, 0.3) is 0 Å². The second-order valence-electron chi connectivity index (χ2n) is 6.83. The monoisotopic (exact) mass is 300 g/mol. The van der Waals surface area contributed by atoms with Crippen molar-refractivity contribution in [2.45, 2.75) is 63.6 Å². The van der Waals surface area contributed by atoms with Crippen LogP contribution in [0, 0.1) is 0 Å². The third-order valence-corrected chi connectivity index (χ3v) is 4.14. The number of nitrogens with two attached hydrogens (primary N) is 1. The molecule has 0 radical (unpaired) electrons. The summed E-state index contributed by atoms with van der Waals surface area (Å²) in [5.41, 5.74) is 10.0. The highest BCUT2D eigenvalue weighted by atomic mass is 15.0. The SMILES string of the molecule is C=CCC(N)(CC=C)C1=C[C@H](CC(=C)C)N[C@H](CC(=C)C)C1. The van der Waals surface area contributed by atoms with E-state index in [1.165, 1.54) is 16.7 Å². The molecule has 1 heterocycles. The van der Waals surface area contributed by atoms with Crippen LogP contribution in [0.15, 0.2) is 61.3 Å². The standard InChI is InChI=1S/C20H32N2/c1-7-9-20(21,10-8-2)17-13-18(11-15(3)4)22-19(14-17)12-16(5)6/h7-8,13,18-19,22H,1-3,5,9-12,14,21H2,4,6H3/t18-,19+/m0/s1. The lowest BCUT2D eigenvalue weighted by Gasteiger charge is -2.39. The topological polar surface area (TPSA) is 38.0 Å². The van der Waals surface area contributed by atoms with Crippen molar-refractivity contribution in [3.05, 3.63) is 61.3 Å². The average Bonchev–Trinajstić information content (AvgIpc) is 2.37. The van der Waals surface area contributed by atoms with Crippen molar-refractivity contribution < 1.29 is 0 Å². The first-order chi connectivity index (χ1) is 10.3. The molecule has 2 atom stereocenters. The van der Waals surface area contributed by atoms with Gasteiger partial charge in [0, 0.05) is 17.6 Å². The van der Waals surface area contributed by atoms with Gasteiger partial charge in [-0.15, -0.1) is 26.3 Å². The molecule has 0 fully saturated rings. The molecule has 0 aromatic rings. The Morgan fingerprint density at radius 3 is 2.23 bits per heavy atom. The Balaban J connectivity index is 3.06. The Hall–Kier alpha value is -1.38. The summed E-state index contributed by atoms with van der Waals surface area (Å²) in [4.78, 5) is 0. The minimum Gasteiger partial charge on any atom is -0.321 e. The van der Waals surface area contributed by atoms with Crippen LogP contribution in [0.2, 0.25) is 0 Å². The van der Waals surface area contributed by atoms with Crippen LogP contribution in [-0.2, 0) is 0 Å². The molecule has 0 saturated carbocycles. The summed E-state index contributed by atoms with van der Waals surface area (Å²) in [5, 5.41) is 3.70. The van der Waals surface area contributed by atoms with Crippen molar-refractivity contribution in [2.75, 3.05) is 0 Å². The molecule has 0 unspecified atom stereocenters. The third kappa shape index (κ3) is 5.43. The van der Waals surface area contributed by atoms with E-state index in [-0.39, 0.29) is 5.54 Å². The maximum atomic E-state index is 6.70. The average molecular weight is 300 g/mol. The van der Waals surface area contributed by atoms with E-state index in [1.54, 1.807) is 0 Å². The molecular weight excluding hydrogens is 268 g/mol. The van der Waals surface area contributed by atoms with E-state index in [9.17, 15) is 0 Å². The van der Waals surface area contributed by atoms with E-state index in [4.69, 9.17) is 5.73 Å². The minimum absolute atomic E-state index is 0.295. The fraction of sp³-hybridized carbons (Fsp3) is 0.500. The number of rotatable bonds is 9. The summed E-state index contributed by atoms with van der Waals surface area (Å²) >= 11 is 0. The van der Waals surface area contributed by atoms with E-state index < -0.39 is 0 Å². The van der Waals surface area contributed by atoms with Gasteiger partial charge in [-0.1, -0.05) is 34.9 Å². The van der Waals surface area contributed by atoms with E-state index in [2.05, 4.69) is 51.6 Å². The van der Waals surface area contributed by atoms with Gasteiger partial charge in [-0.25, -0.2) is 0 Å². The summed E-state index contributed by atoms with van der Waals surface area (Å²) < 4.78 is 0. The van der Waals surface area contributed by atoms with Gasteiger partial charge in [0.1, 0.15) is 0 Å². The molecule has 1 aliphatic heterocycles. The zero-order valence-electron chi connectivity index (χ0n) is 14.3. The second kappa shape index (κ2) is 8.30. The van der Waals surface area contributed by atoms with Crippen LogP contribution in [0.3, 0.4) is 0 Å². The van der Waals surface area contributed by atoms with Gasteiger partial charge in [0.2, 0.25) is 0 Å². The maximum Gasteiger partial charge on any atom is 0.0439 e. The summed E-state index contributed by atoms with van der Waals surface area (Å²) in [6.07, 6.45) is 10.5. The first-order valence-corrected chi connectivity index (χ1v) is 8.07. The van der Waals surface area contributed by atoms with Crippen LogP contribution >= 0.6 is 0 Å². The Bertz CT molecular complexity index is 460. The normalized spacial score (nSPS) is 21.9. The highest BCUT2D eigenvalue weighted by Gasteiger charge is 2.32. The molecule has 0 aromatic heterocycles. The lowest BCUT2D eigenvalue weighted by Crippen LogP contribution is -2.49. The van der Waals surface area contributed by atoms with Crippen LogP contribution in [0.1, 0.15) is 46.0 Å². The molecule has 1 rings (SSSR count). The predicted molar refractivity (Wildman–Crippen MR) is 98.8 cm³/mol. The van der Waals surface area contributed by atoms with Crippen molar-refractivity contribution in [1.29, 1.82) is 0 Å². The van der Waals surface area contributed by atoms with Crippen molar-refractivity contribution in [3.8, 4) is 0 Å². The summed E-state index contributed by atoms with van der Waals surface area (Å²) in [5.74, 6) is 0. The van der Waals surface area contributed by atoms with Crippen LogP contribution in [-0.4, -0.2) is 17.6 Å². The van der Waals surface area contributed by atoms with Gasteiger partial charge in [0.05, 0.1) is 0 Å². The first kappa shape index (κ1) is 18.7. The van der Waals surface area contributed by atoms with Crippen molar-refractivity contribution in [1.82, 2.24) is 5.32 Å². The Morgan fingerprint density at radius 2 is 1.77 bits per heavy atom. The largest absolute Gasteiger partial charge is 0.321 e. The molecule has 3 N–H and O–H groups in total. The molecule has 122 valence electrons. The van der Waals surface area contributed by atoms with Gasteiger partial charge in [0.25, 0.3) is 0 Å². The molecular formula is C20H32N2. The molecule has 22 heavy (non-hydrogen) atoms. The fourth-order valence-corrected chi connectivity index (χ4v) is 3.26. The van der Waals surface area contributed by atoms with Gasteiger partial charge in [-0.3, -0.25) is 0 Å². The highest BCUT2D eigenvalue weighted by Crippen LogP contribution is 2.32. The zero-order chi connectivity index (χ0) is 16.8. The molecule has 2 heteroatoms. The van der Waals surface area contributed by atoms with Gasteiger partial charge in [-0.05, 0) is 46.0 Å². The number of nitrogens with one attached hydrogen (secondary N) is 1. The molecule has 0 spiro atoms. The lowest BCUT2D eigenvalue weighted by molar-refractivity contribution is 0.386. The van der Waals surface area contributed by atoms with Gasteiger partial charge >= 0.3 is 0 Å². The molecule has 0 saturated heterocycles.